The number of hydrogen-bond acceptors (Lipinski definition) is 2. The maximum Gasteiger partial charge on any atom is 0.257 e. The van der Waals surface area contributed by atoms with E-state index in [0.717, 1.165) is 5.56 Å². The normalized spacial score (nSPS) is 9.67. The number of nitrogens with two attached hydrogens (primary N) is 1. The smallest absolute Gasteiger partial charge is 0.257 e. The topological polar surface area (TPSA) is 55.1 Å². The summed E-state index contributed by atoms with van der Waals surface area (Å²) < 4.78 is 13.7. The largest absolute Gasteiger partial charge is 0.320 e. The van der Waals surface area contributed by atoms with Gasteiger partial charge in [-0.15, -0.1) is 0 Å². The number of halogens is 1. The van der Waals surface area contributed by atoms with Crippen molar-refractivity contribution in [1.29, 1.82) is 0 Å². The van der Waals surface area contributed by atoms with Gasteiger partial charge in [-0.1, -0.05) is 30.0 Å². The third kappa shape index (κ3) is 3.68. The highest BCUT2D eigenvalue weighted by Crippen LogP contribution is 2.17. The summed E-state index contributed by atoms with van der Waals surface area (Å²) >= 11 is 0. The maximum absolute atomic E-state index is 13.7. The van der Waals surface area contributed by atoms with Crippen molar-refractivity contribution in [3.8, 4) is 11.8 Å². The molecule has 0 radical (unpaired) electrons. The molecule has 0 fully saturated rings. The standard InChI is InChI=1S/C17H15FN2O/c1-12-8-9-15(18)16(11-12)20-17(21)14-7-3-2-5-13(14)6-4-10-19/h2-3,5,7-9,11H,10,19H2,1H3,(H,20,21). The van der Waals surface area contributed by atoms with Gasteiger partial charge in [0.2, 0.25) is 0 Å². The number of benzene rings is 2. The van der Waals surface area contributed by atoms with E-state index in [1.807, 2.05) is 6.92 Å². The van der Waals surface area contributed by atoms with Crippen LogP contribution in [0.2, 0.25) is 0 Å². The summed E-state index contributed by atoms with van der Waals surface area (Å²) in [6, 6.07) is 11.4. The summed E-state index contributed by atoms with van der Waals surface area (Å²) in [6.07, 6.45) is 0. The molecule has 0 atom stereocenters. The number of rotatable bonds is 2. The first-order valence-electron chi connectivity index (χ1n) is 6.47. The molecule has 2 rings (SSSR count). The Hall–Kier alpha value is -2.64. The molecular formula is C17H15FN2O. The van der Waals surface area contributed by atoms with Gasteiger partial charge in [-0.05, 0) is 36.8 Å². The maximum atomic E-state index is 13.7. The van der Waals surface area contributed by atoms with E-state index in [2.05, 4.69) is 17.2 Å². The molecule has 4 heteroatoms. The third-order valence-corrected chi connectivity index (χ3v) is 2.87. The minimum absolute atomic E-state index is 0.154. The second-order valence-corrected chi connectivity index (χ2v) is 4.49. The molecule has 0 saturated carbocycles. The number of carbonyl (C=O) groups is 1. The van der Waals surface area contributed by atoms with Gasteiger partial charge in [0.05, 0.1) is 17.8 Å². The quantitative estimate of drug-likeness (QED) is 0.832. The van der Waals surface area contributed by atoms with Crippen LogP contribution in [-0.4, -0.2) is 12.5 Å². The van der Waals surface area contributed by atoms with Gasteiger partial charge in [0, 0.05) is 5.56 Å². The molecule has 3 nitrogen and oxygen atoms in total. The highest BCUT2D eigenvalue weighted by molar-refractivity contribution is 6.06. The van der Waals surface area contributed by atoms with Crippen LogP contribution in [0, 0.1) is 24.6 Å². The fourth-order valence-corrected chi connectivity index (χ4v) is 1.86. The zero-order valence-electron chi connectivity index (χ0n) is 11.6. The zero-order chi connectivity index (χ0) is 15.2. The molecule has 0 heterocycles. The van der Waals surface area contributed by atoms with Crippen LogP contribution in [-0.2, 0) is 0 Å². The molecule has 2 aromatic rings. The van der Waals surface area contributed by atoms with Gasteiger partial charge in [0.1, 0.15) is 5.82 Å². The molecule has 0 aliphatic heterocycles. The van der Waals surface area contributed by atoms with Crippen molar-refractivity contribution in [2.45, 2.75) is 6.92 Å². The predicted molar refractivity (Wildman–Crippen MR) is 81.5 cm³/mol. The number of hydrogen-bond donors (Lipinski definition) is 2. The average molecular weight is 282 g/mol. The van der Waals surface area contributed by atoms with Crippen LogP contribution in [0.3, 0.4) is 0 Å². The van der Waals surface area contributed by atoms with Crippen molar-refractivity contribution < 1.29 is 9.18 Å². The fourth-order valence-electron chi connectivity index (χ4n) is 1.86. The lowest BCUT2D eigenvalue weighted by molar-refractivity contribution is 0.102. The molecule has 0 bridgehead atoms. The van der Waals surface area contributed by atoms with Crippen molar-refractivity contribution >= 4 is 11.6 Å². The number of aryl methyl sites for hydroxylation is 1. The van der Waals surface area contributed by atoms with E-state index in [1.165, 1.54) is 6.07 Å². The summed E-state index contributed by atoms with van der Waals surface area (Å²) in [5.74, 6) is 4.67. The molecule has 0 spiro atoms. The minimum atomic E-state index is -0.473. The average Bonchev–Trinajstić information content (AvgIpc) is 2.49. The summed E-state index contributed by atoms with van der Waals surface area (Å²) in [5.41, 5.74) is 7.31. The lowest BCUT2D eigenvalue weighted by Crippen LogP contribution is -2.14. The van der Waals surface area contributed by atoms with Crippen LogP contribution in [0.15, 0.2) is 42.5 Å². The van der Waals surface area contributed by atoms with Crippen LogP contribution in [0.25, 0.3) is 0 Å². The Kier molecular flexibility index (Phi) is 4.70. The van der Waals surface area contributed by atoms with E-state index >= 15 is 0 Å². The monoisotopic (exact) mass is 282 g/mol. The molecule has 2 aromatic carbocycles. The van der Waals surface area contributed by atoms with Gasteiger partial charge in [0.25, 0.3) is 5.91 Å². The summed E-state index contributed by atoms with van der Waals surface area (Å²) in [4.78, 5) is 12.3. The van der Waals surface area contributed by atoms with Gasteiger partial charge in [-0.3, -0.25) is 4.79 Å². The van der Waals surface area contributed by atoms with Crippen molar-refractivity contribution in [2.24, 2.45) is 5.73 Å². The van der Waals surface area contributed by atoms with Crippen LogP contribution >= 0.6 is 0 Å². The first-order valence-corrected chi connectivity index (χ1v) is 6.47. The highest BCUT2D eigenvalue weighted by Gasteiger charge is 2.12. The van der Waals surface area contributed by atoms with Crippen molar-refractivity contribution in [3.05, 3.63) is 65.0 Å². The SMILES string of the molecule is Cc1ccc(F)c(NC(=O)c2ccccc2C#CCN)c1. The number of nitrogens with one attached hydrogen (secondary N) is 1. The predicted octanol–water partition coefficient (Wildman–Crippen LogP) is 2.70. The Morgan fingerprint density at radius 2 is 2.05 bits per heavy atom. The van der Waals surface area contributed by atoms with Crippen molar-refractivity contribution in [1.82, 2.24) is 0 Å². The molecule has 0 unspecified atom stereocenters. The van der Waals surface area contributed by atoms with E-state index in [-0.39, 0.29) is 12.2 Å². The number of anilines is 1. The summed E-state index contributed by atoms with van der Waals surface area (Å²) in [7, 11) is 0. The molecule has 1 amide bonds. The highest BCUT2D eigenvalue weighted by atomic mass is 19.1. The molecule has 0 aliphatic rings. The molecule has 0 aromatic heterocycles. The number of amides is 1. The van der Waals surface area contributed by atoms with Crippen LogP contribution < -0.4 is 11.1 Å². The Balaban J connectivity index is 2.31. The molecule has 0 aliphatic carbocycles. The van der Waals surface area contributed by atoms with Gasteiger partial charge in [-0.2, -0.15) is 0 Å². The Morgan fingerprint density at radius 1 is 1.29 bits per heavy atom. The van der Waals surface area contributed by atoms with Gasteiger partial charge in [0.15, 0.2) is 0 Å². The second-order valence-electron chi connectivity index (χ2n) is 4.49. The molecular weight excluding hydrogens is 267 g/mol. The zero-order valence-corrected chi connectivity index (χ0v) is 11.6. The lowest BCUT2D eigenvalue weighted by Gasteiger charge is -2.08. The van der Waals surface area contributed by atoms with Crippen molar-refractivity contribution in [3.63, 3.8) is 0 Å². The van der Waals surface area contributed by atoms with E-state index in [4.69, 9.17) is 5.73 Å². The van der Waals surface area contributed by atoms with Crippen molar-refractivity contribution in [2.75, 3.05) is 11.9 Å². The molecule has 3 N–H and O–H groups in total. The summed E-state index contributed by atoms with van der Waals surface area (Å²) in [6.45, 7) is 2.04. The Morgan fingerprint density at radius 3 is 2.81 bits per heavy atom. The van der Waals surface area contributed by atoms with Crippen LogP contribution in [0.1, 0.15) is 21.5 Å². The minimum Gasteiger partial charge on any atom is -0.320 e. The summed E-state index contributed by atoms with van der Waals surface area (Å²) in [5, 5.41) is 2.57. The Bertz CT molecular complexity index is 729. The van der Waals surface area contributed by atoms with E-state index in [1.54, 1.807) is 36.4 Å². The first kappa shape index (κ1) is 14.8. The van der Waals surface area contributed by atoms with Gasteiger partial charge < -0.3 is 11.1 Å². The van der Waals surface area contributed by atoms with Gasteiger partial charge in [-0.25, -0.2) is 4.39 Å². The van der Waals surface area contributed by atoms with E-state index < -0.39 is 11.7 Å². The first-order chi connectivity index (χ1) is 10.1. The second kappa shape index (κ2) is 6.69. The molecule has 106 valence electrons. The Labute approximate surface area is 123 Å². The van der Waals surface area contributed by atoms with E-state index in [9.17, 15) is 9.18 Å². The lowest BCUT2D eigenvalue weighted by atomic mass is 10.1. The third-order valence-electron chi connectivity index (χ3n) is 2.87. The molecule has 21 heavy (non-hydrogen) atoms. The van der Waals surface area contributed by atoms with E-state index in [0.29, 0.717) is 11.1 Å². The fraction of sp³-hybridized carbons (Fsp3) is 0.118. The van der Waals surface area contributed by atoms with Gasteiger partial charge >= 0.3 is 0 Å². The van der Waals surface area contributed by atoms with Crippen LogP contribution in [0.5, 0.6) is 0 Å². The molecule has 0 saturated heterocycles. The number of carbonyl (C=O) groups excluding carboxylic acids is 1. The van der Waals surface area contributed by atoms with Crippen LogP contribution in [0.4, 0.5) is 10.1 Å².